The highest BCUT2D eigenvalue weighted by molar-refractivity contribution is 8.29. The van der Waals surface area contributed by atoms with Gasteiger partial charge < -0.3 is 0 Å². The van der Waals surface area contributed by atoms with E-state index in [4.69, 9.17) is 45.0 Å². The molecule has 0 bridgehead atoms. The van der Waals surface area contributed by atoms with Crippen molar-refractivity contribution in [3.8, 4) is 0 Å². The van der Waals surface area contributed by atoms with Gasteiger partial charge in [0, 0.05) is 0 Å². The van der Waals surface area contributed by atoms with Crippen LogP contribution in [-0.4, -0.2) is 0 Å². The van der Waals surface area contributed by atoms with Gasteiger partial charge in [-0.1, -0.05) is 68.6 Å². The summed E-state index contributed by atoms with van der Waals surface area (Å²) in [6, 6.07) is 0. The monoisotopic (exact) mass is 296 g/mol. The second kappa shape index (κ2) is 17.3. The Hall–Kier alpha value is 2.20. The van der Waals surface area contributed by atoms with Crippen molar-refractivity contribution in [2.24, 2.45) is 0 Å². The summed E-state index contributed by atoms with van der Waals surface area (Å²) in [6.07, 6.45) is 0. The molecule has 0 aliphatic rings. The molecule has 0 fully saturated rings. The molecular weight excluding hydrogens is 292 g/mol. The highest BCUT2D eigenvalue weighted by Gasteiger charge is 1.61. The van der Waals surface area contributed by atoms with Crippen LogP contribution in [0.25, 0.3) is 0 Å². The van der Waals surface area contributed by atoms with E-state index in [-0.39, 0.29) is 0 Å². The number of hydrogen-bond donors (Lipinski definition) is 0. The Labute approximate surface area is 91.9 Å². The Balaban J connectivity index is -0.0000000787. The molecule has 0 N–H and O–H groups in total. The van der Waals surface area contributed by atoms with Gasteiger partial charge in [0.15, 0.2) is 0 Å². The molecule has 0 spiro atoms. The molecule has 0 aliphatic heterocycles. The molecule has 0 radical (unpaired) electrons. The van der Waals surface area contributed by atoms with Crippen molar-refractivity contribution in [3.05, 3.63) is 13.2 Å². The van der Waals surface area contributed by atoms with Gasteiger partial charge in [-0.25, -0.2) is 0 Å². The summed E-state index contributed by atoms with van der Waals surface area (Å²) in [4.78, 5) is 0. The van der Waals surface area contributed by atoms with Crippen LogP contribution in [0.5, 0.6) is 0 Å². The van der Waals surface area contributed by atoms with Crippen molar-refractivity contribution in [1.29, 1.82) is 0 Å². The molecule has 10 heavy (non-hydrogen) atoms. The predicted octanol–water partition coefficient (Wildman–Crippen LogP) is 4.74. The molecule has 8 heteroatoms. The van der Waals surface area contributed by atoms with Crippen LogP contribution >= 0.6 is 55.8 Å². The summed E-state index contributed by atoms with van der Waals surface area (Å²) in [6.45, 7) is 6.00. The molecule has 0 heterocycles. The molecule has 0 rings (SSSR count). The largest absolute Gasteiger partial charge is 0.108 e. The Morgan fingerprint density at radius 2 is 0.800 bits per heavy atom. The van der Waals surface area contributed by atoms with Gasteiger partial charge in [-0.05, 0) is 0 Å². The van der Waals surface area contributed by atoms with Gasteiger partial charge in [0.2, 0.25) is 0 Å². The molecule has 0 aromatic heterocycles. The first-order valence-electron chi connectivity index (χ1n) is 1.66. The molecule has 0 saturated heterocycles. The van der Waals surface area contributed by atoms with Crippen LogP contribution in [0.15, 0.2) is 13.2 Å². The lowest BCUT2D eigenvalue weighted by Gasteiger charge is -1.56. The molecule has 0 aromatic carbocycles. The Morgan fingerprint density at radius 1 is 0.800 bits per heavy atom. The van der Waals surface area contributed by atoms with E-state index < -0.39 is 10.8 Å². The van der Waals surface area contributed by atoms with Crippen LogP contribution in [0.4, 0.5) is 0 Å². The average Bonchev–Trinajstić information content (AvgIpc) is 1.66. The van der Waals surface area contributed by atoms with E-state index in [2.05, 4.69) is 36.8 Å². The Bertz CT molecular complexity index is 87.4. The highest BCUT2D eigenvalue weighted by Crippen LogP contribution is 2.32. The van der Waals surface area contributed by atoms with Gasteiger partial charge in [-0.2, -0.15) is 0 Å². The van der Waals surface area contributed by atoms with Crippen molar-refractivity contribution < 1.29 is 0 Å². The summed E-state index contributed by atoms with van der Waals surface area (Å²) >= 11 is 28.3. The van der Waals surface area contributed by atoms with Crippen molar-refractivity contribution in [3.63, 3.8) is 0 Å². The zero-order valence-corrected chi connectivity index (χ0v) is 11.4. The van der Waals surface area contributed by atoms with E-state index in [9.17, 15) is 0 Å². The normalized spacial score (nSPS) is 7.40. The minimum Gasteiger partial charge on any atom is -0.106 e. The smallest absolute Gasteiger partial charge is 0.106 e. The van der Waals surface area contributed by atoms with E-state index in [0.717, 1.165) is 0 Å². The maximum absolute atomic E-state index is 4.96. The summed E-state index contributed by atoms with van der Waals surface area (Å²) < 4.78 is 0. The van der Waals surface area contributed by atoms with Gasteiger partial charge >= 0.3 is 0 Å². The number of rotatable bonds is 0. The zero-order chi connectivity index (χ0) is 9.15. The quantitative estimate of drug-likeness (QED) is 0.468. The first-order chi connectivity index (χ1) is 4.46. The maximum Gasteiger partial charge on any atom is 0.108 e. The standard InChI is InChI=1S/C2H4.2Cl2HPS/c1-2;2*1-3(2)4/h1-2H2;2*3H. The summed E-state index contributed by atoms with van der Waals surface area (Å²) in [7, 11) is 0. The summed E-state index contributed by atoms with van der Waals surface area (Å²) in [5, 5.41) is -2.70. The highest BCUT2D eigenvalue weighted by atomic mass is 35.9. The molecule has 0 unspecified atom stereocenters. The molecule has 0 atom stereocenters. The lowest BCUT2D eigenvalue weighted by Crippen LogP contribution is -0.922. The van der Waals surface area contributed by atoms with Gasteiger partial charge in [0.25, 0.3) is 0 Å². The van der Waals surface area contributed by atoms with Crippen LogP contribution < -0.4 is 0 Å². The SMILES string of the molecule is C=C.S=[PH](Cl)Cl.S=[PH](Cl)Cl. The summed E-state index contributed by atoms with van der Waals surface area (Å²) in [5.41, 5.74) is 0. The summed E-state index contributed by atoms with van der Waals surface area (Å²) in [5.74, 6) is 0. The minimum absolute atomic E-state index is 1.35. The first kappa shape index (κ1) is 18.1. The predicted molar refractivity (Wildman–Crippen MR) is 66.0 cm³/mol. The fourth-order valence-electron chi connectivity index (χ4n) is 0. The van der Waals surface area contributed by atoms with E-state index in [0.29, 0.717) is 0 Å². The van der Waals surface area contributed by atoms with Crippen LogP contribution in [0.3, 0.4) is 0 Å². The first-order valence-corrected chi connectivity index (χ1v) is 11.0. The van der Waals surface area contributed by atoms with Crippen LogP contribution in [-0.2, 0) is 23.6 Å². The molecule has 0 aromatic rings. The number of halogens is 4. The lowest BCUT2D eigenvalue weighted by atomic mass is 11.3. The van der Waals surface area contributed by atoms with E-state index in [1.165, 1.54) is 0 Å². The Morgan fingerprint density at radius 3 is 0.800 bits per heavy atom. The third-order valence-corrected chi connectivity index (χ3v) is 0. The minimum atomic E-state index is -1.35. The van der Waals surface area contributed by atoms with Crippen LogP contribution in [0.1, 0.15) is 0 Å². The van der Waals surface area contributed by atoms with Crippen molar-refractivity contribution >= 4 is 79.4 Å². The Kier molecular flexibility index (Phi) is 31.3. The van der Waals surface area contributed by atoms with Crippen molar-refractivity contribution in [2.75, 3.05) is 0 Å². The van der Waals surface area contributed by atoms with Gasteiger partial charge in [0.05, 0.1) is 0 Å². The van der Waals surface area contributed by atoms with Crippen LogP contribution in [0.2, 0.25) is 0 Å². The third kappa shape index (κ3) is 178. The maximum atomic E-state index is 4.96. The zero-order valence-electron chi connectivity index (χ0n) is 4.74. The van der Waals surface area contributed by atoms with Crippen LogP contribution in [0, 0.1) is 0 Å². The van der Waals surface area contributed by atoms with Crippen molar-refractivity contribution in [1.82, 2.24) is 0 Å². The fourth-order valence-corrected chi connectivity index (χ4v) is 0. The lowest BCUT2D eigenvalue weighted by molar-refractivity contribution is 2.81. The number of hydrogen-bond acceptors (Lipinski definition) is 2. The molecule has 0 saturated carbocycles. The fraction of sp³-hybridized carbons (Fsp3) is 0. The molecule has 64 valence electrons. The molecule has 0 amide bonds. The van der Waals surface area contributed by atoms with Gasteiger partial charge in [-0.15, -0.1) is 13.2 Å². The molecular formula is C2H6Cl4P2S2. The second-order valence-electron chi connectivity index (χ2n) is 0.451. The molecule has 0 nitrogen and oxygen atoms in total. The molecule has 0 aliphatic carbocycles. The topological polar surface area (TPSA) is 0 Å². The van der Waals surface area contributed by atoms with Gasteiger partial charge in [-0.3, -0.25) is 0 Å². The van der Waals surface area contributed by atoms with E-state index >= 15 is 0 Å². The van der Waals surface area contributed by atoms with E-state index in [1.807, 2.05) is 0 Å². The van der Waals surface area contributed by atoms with Crippen molar-refractivity contribution in [2.45, 2.75) is 0 Å². The van der Waals surface area contributed by atoms with Gasteiger partial charge in [0.1, 0.15) is 10.8 Å². The third-order valence-electron chi connectivity index (χ3n) is 0. The van der Waals surface area contributed by atoms with E-state index in [1.54, 1.807) is 0 Å². The second-order valence-corrected chi connectivity index (χ2v) is 12.2. The average molecular weight is 298 g/mol.